The molecule has 3 rings (SSSR count). The fourth-order valence-corrected chi connectivity index (χ4v) is 3.47. The fourth-order valence-electron chi connectivity index (χ4n) is 2.38. The van der Waals surface area contributed by atoms with Crippen LogP contribution in [-0.2, 0) is 6.54 Å². The Kier molecular flexibility index (Phi) is 3.75. The van der Waals surface area contributed by atoms with Crippen LogP contribution < -0.4 is 0 Å². The number of aromatic nitrogens is 2. The molecule has 0 atom stereocenters. The number of likely N-dealkylation sites (tertiary alicyclic amines) is 1. The van der Waals surface area contributed by atoms with Crippen LogP contribution in [0.1, 0.15) is 28.2 Å². The van der Waals surface area contributed by atoms with Crippen molar-refractivity contribution < 1.29 is 9.90 Å². The molecule has 0 unspecified atom stereocenters. The van der Waals surface area contributed by atoms with Crippen LogP contribution in [0.5, 0.6) is 0 Å². The summed E-state index contributed by atoms with van der Waals surface area (Å²) in [6.45, 7) is 2.76. The van der Waals surface area contributed by atoms with E-state index in [4.69, 9.17) is 0 Å². The van der Waals surface area contributed by atoms with Gasteiger partial charge in [-0.15, -0.1) is 11.3 Å². The Morgan fingerprint density at radius 2 is 2.20 bits per heavy atom. The summed E-state index contributed by atoms with van der Waals surface area (Å²) in [5.74, 6) is -0.953. The Labute approximate surface area is 120 Å². The van der Waals surface area contributed by atoms with E-state index in [0.29, 0.717) is 6.54 Å². The predicted octanol–water partition coefficient (Wildman–Crippen LogP) is 2.50. The van der Waals surface area contributed by atoms with Crippen molar-refractivity contribution in [1.82, 2.24) is 14.9 Å². The van der Waals surface area contributed by atoms with Crippen LogP contribution in [0.15, 0.2) is 24.5 Å². The van der Waals surface area contributed by atoms with Gasteiger partial charge >= 0.3 is 5.97 Å². The lowest BCUT2D eigenvalue weighted by atomic mass is 10.3. The summed E-state index contributed by atoms with van der Waals surface area (Å²) in [6.07, 6.45) is 5.79. The van der Waals surface area contributed by atoms with Gasteiger partial charge in [-0.3, -0.25) is 9.88 Å². The highest BCUT2D eigenvalue weighted by molar-refractivity contribution is 7.15. The number of pyridine rings is 1. The zero-order valence-electron chi connectivity index (χ0n) is 11.0. The summed E-state index contributed by atoms with van der Waals surface area (Å²) >= 11 is 1.45. The van der Waals surface area contributed by atoms with Crippen molar-refractivity contribution in [1.29, 1.82) is 0 Å². The quantitative estimate of drug-likeness (QED) is 0.936. The van der Waals surface area contributed by atoms with Crippen molar-refractivity contribution >= 4 is 17.3 Å². The minimum Gasteiger partial charge on any atom is -0.476 e. The Morgan fingerprint density at radius 3 is 2.85 bits per heavy atom. The summed E-state index contributed by atoms with van der Waals surface area (Å²) < 4.78 is 0. The molecular formula is C14H15N3O2S. The Hall–Kier alpha value is -1.79. The van der Waals surface area contributed by atoms with Crippen molar-refractivity contribution in [2.24, 2.45) is 0 Å². The Bertz CT molecular complexity index is 606. The van der Waals surface area contributed by atoms with Crippen LogP contribution in [0, 0.1) is 0 Å². The third-order valence-corrected chi connectivity index (χ3v) is 4.46. The number of rotatable bonds is 4. The smallest absolute Gasteiger partial charge is 0.355 e. The summed E-state index contributed by atoms with van der Waals surface area (Å²) in [7, 11) is 0. The largest absolute Gasteiger partial charge is 0.476 e. The Morgan fingerprint density at radius 1 is 1.40 bits per heavy atom. The molecule has 0 saturated carbocycles. The molecule has 0 amide bonds. The van der Waals surface area contributed by atoms with Gasteiger partial charge in [-0.1, -0.05) is 0 Å². The highest BCUT2D eigenvalue weighted by Crippen LogP contribution is 2.29. The third-order valence-electron chi connectivity index (χ3n) is 3.37. The van der Waals surface area contributed by atoms with Crippen molar-refractivity contribution in [2.45, 2.75) is 19.4 Å². The Balaban J connectivity index is 1.92. The van der Waals surface area contributed by atoms with Gasteiger partial charge in [-0.05, 0) is 38.1 Å². The van der Waals surface area contributed by atoms with Crippen molar-refractivity contribution in [3.63, 3.8) is 0 Å². The minimum atomic E-state index is -0.953. The molecule has 0 aromatic carbocycles. The zero-order valence-corrected chi connectivity index (χ0v) is 11.8. The van der Waals surface area contributed by atoms with Gasteiger partial charge in [0.2, 0.25) is 0 Å². The SMILES string of the molecule is O=C(O)c1nc(-c2cccnc2)sc1CN1CCCC1. The maximum atomic E-state index is 11.4. The number of carboxylic acids is 1. The molecule has 1 N–H and O–H groups in total. The first-order valence-corrected chi connectivity index (χ1v) is 7.41. The molecular weight excluding hydrogens is 274 g/mol. The fraction of sp³-hybridized carbons (Fsp3) is 0.357. The summed E-state index contributed by atoms with van der Waals surface area (Å²) in [4.78, 5) is 22.8. The molecule has 3 heterocycles. The molecule has 0 radical (unpaired) electrons. The number of carbonyl (C=O) groups is 1. The predicted molar refractivity (Wildman–Crippen MR) is 76.8 cm³/mol. The molecule has 2 aromatic rings. The molecule has 1 aliphatic rings. The van der Waals surface area contributed by atoms with Gasteiger partial charge in [-0.2, -0.15) is 0 Å². The third kappa shape index (κ3) is 2.71. The topological polar surface area (TPSA) is 66.3 Å². The average Bonchev–Trinajstić information content (AvgIpc) is 3.10. The van der Waals surface area contributed by atoms with E-state index in [1.54, 1.807) is 12.4 Å². The minimum absolute atomic E-state index is 0.181. The van der Waals surface area contributed by atoms with Gasteiger partial charge in [0, 0.05) is 24.5 Å². The maximum Gasteiger partial charge on any atom is 0.355 e. The van der Waals surface area contributed by atoms with Crippen LogP contribution in [0.4, 0.5) is 0 Å². The molecule has 5 nitrogen and oxygen atoms in total. The van der Waals surface area contributed by atoms with Crippen molar-refractivity contribution in [3.05, 3.63) is 35.1 Å². The van der Waals surface area contributed by atoms with E-state index in [9.17, 15) is 9.90 Å². The van der Waals surface area contributed by atoms with Gasteiger partial charge in [0.1, 0.15) is 5.01 Å². The molecule has 0 spiro atoms. The molecule has 1 fully saturated rings. The van der Waals surface area contributed by atoms with E-state index in [1.165, 1.54) is 24.2 Å². The summed E-state index contributed by atoms with van der Waals surface area (Å²) in [6, 6.07) is 3.73. The van der Waals surface area contributed by atoms with Crippen LogP contribution in [0.2, 0.25) is 0 Å². The highest BCUT2D eigenvalue weighted by Gasteiger charge is 2.21. The molecule has 0 aliphatic carbocycles. The van der Waals surface area contributed by atoms with E-state index in [2.05, 4.69) is 14.9 Å². The number of hydrogen-bond acceptors (Lipinski definition) is 5. The number of carboxylic acid groups (broad SMARTS) is 1. The van der Waals surface area contributed by atoms with E-state index in [-0.39, 0.29) is 5.69 Å². The second-order valence-electron chi connectivity index (χ2n) is 4.82. The van der Waals surface area contributed by atoms with Crippen LogP contribution in [-0.4, -0.2) is 39.0 Å². The standard InChI is InChI=1S/C14H15N3O2S/c18-14(19)12-11(9-17-6-1-2-7-17)20-13(16-12)10-4-3-5-15-8-10/h3-5,8H,1-2,6-7,9H2,(H,18,19). The second-order valence-corrected chi connectivity index (χ2v) is 5.90. The van der Waals surface area contributed by atoms with Gasteiger partial charge < -0.3 is 5.11 Å². The molecule has 104 valence electrons. The lowest BCUT2D eigenvalue weighted by Crippen LogP contribution is -2.19. The average molecular weight is 289 g/mol. The first-order chi connectivity index (χ1) is 9.74. The van der Waals surface area contributed by atoms with Gasteiger partial charge in [0.05, 0.1) is 4.88 Å². The molecule has 20 heavy (non-hydrogen) atoms. The summed E-state index contributed by atoms with van der Waals surface area (Å²) in [5, 5.41) is 10.0. The lowest BCUT2D eigenvalue weighted by Gasteiger charge is -2.12. The molecule has 6 heteroatoms. The first kappa shape index (κ1) is 13.2. The zero-order chi connectivity index (χ0) is 13.9. The van der Waals surface area contributed by atoms with Gasteiger partial charge in [0.25, 0.3) is 0 Å². The molecule has 2 aromatic heterocycles. The monoisotopic (exact) mass is 289 g/mol. The molecule has 1 saturated heterocycles. The highest BCUT2D eigenvalue weighted by atomic mass is 32.1. The van der Waals surface area contributed by atoms with E-state index in [1.807, 2.05) is 12.1 Å². The van der Waals surface area contributed by atoms with Crippen LogP contribution in [0.25, 0.3) is 10.6 Å². The number of nitrogens with zero attached hydrogens (tertiary/aromatic N) is 3. The first-order valence-electron chi connectivity index (χ1n) is 6.60. The van der Waals surface area contributed by atoms with Gasteiger partial charge in [-0.25, -0.2) is 9.78 Å². The van der Waals surface area contributed by atoms with Crippen molar-refractivity contribution in [3.8, 4) is 10.6 Å². The normalized spacial score (nSPS) is 15.6. The van der Waals surface area contributed by atoms with E-state index in [0.717, 1.165) is 28.5 Å². The van der Waals surface area contributed by atoms with Crippen molar-refractivity contribution in [2.75, 3.05) is 13.1 Å². The van der Waals surface area contributed by atoms with E-state index >= 15 is 0 Å². The van der Waals surface area contributed by atoms with E-state index < -0.39 is 5.97 Å². The summed E-state index contributed by atoms with van der Waals surface area (Å²) in [5.41, 5.74) is 1.05. The lowest BCUT2D eigenvalue weighted by molar-refractivity contribution is 0.0689. The molecule has 0 bridgehead atoms. The number of hydrogen-bond donors (Lipinski definition) is 1. The van der Waals surface area contributed by atoms with Gasteiger partial charge in [0.15, 0.2) is 5.69 Å². The molecule has 1 aliphatic heterocycles. The number of thiazole rings is 1. The number of aromatic carboxylic acids is 1. The second kappa shape index (κ2) is 5.68. The van der Waals surface area contributed by atoms with Crippen LogP contribution in [0.3, 0.4) is 0 Å². The maximum absolute atomic E-state index is 11.4. The van der Waals surface area contributed by atoms with Crippen LogP contribution >= 0.6 is 11.3 Å².